The predicted octanol–water partition coefficient (Wildman–Crippen LogP) is 4.17. The van der Waals surface area contributed by atoms with Crippen molar-refractivity contribution in [2.24, 2.45) is 0 Å². The second-order valence-electron chi connectivity index (χ2n) is 7.91. The van der Waals surface area contributed by atoms with Crippen molar-refractivity contribution in [2.45, 2.75) is 24.6 Å². The second kappa shape index (κ2) is 8.78. The lowest BCUT2D eigenvalue weighted by molar-refractivity contribution is -0.203. The molecule has 1 aliphatic rings. The summed E-state index contributed by atoms with van der Waals surface area (Å²) in [6.45, 7) is 0.285. The summed E-state index contributed by atoms with van der Waals surface area (Å²) in [5.41, 5.74) is -0.165. The number of ether oxygens (including phenoxy) is 1. The largest absolute Gasteiger partial charge is 0.479 e. The average Bonchev–Trinajstić information content (AvgIpc) is 3.39. The third-order valence-electron chi connectivity index (χ3n) is 5.67. The Bertz CT molecular complexity index is 1260. The van der Waals surface area contributed by atoms with Crippen molar-refractivity contribution in [3.8, 4) is 11.1 Å². The molecule has 1 aliphatic carbocycles. The van der Waals surface area contributed by atoms with Gasteiger partial charge in [0.05, 0.1) is 0 Å². The molecule has 0 saturated carbocycles. The molecule has 0 aliphatic heterocycles. The molecule has 0 saturated heterocycles. The Morgan fingerprint density at radius 1 is 1.06 bits per heavy atom. The molecule has 0 radical (unpaired) electrons. The molecule has 182 valence electrons. The second-order valence-corrected chi connectivity index (χ2v) is 7.91. The third kappa shape index (κ3) is 4.42. The summed E-state index contributed by atoms with van der Waals surface area (Å²) in [5, 5.41) is 15.7. The van der Waals surface area contributed by atoms with Crippen molar-refractivity contribution in [1.82, 2.24) is 10.5 Å². The minimum atomic E-state index is -5.28. The number of carbonyl (C=O) groups is 3. The molecule has 1 aromatic heterocycles. The van der Waals surface area contributed by atoms with Gasteiger partial charge in [0.25, 0.3) is 5.91 Å². The highest BCUT2D eigenvalue weighted by Crippen LogP contribution is 2.44. The van der Waals surface area contributed by atoms with Crippen LogP contribution in [0.4, 0.5) is 23.8 Å². The van der Waals surface area contributed by atoms with E-state index in [1.165, 1.54) is 5.32 Å². The molecule has 1 unspecified atom stereocenters. The van der Waals surface area contributed by atoms with Crippen LogP contribution >= 0.6 is 0 Å². The summed E-state index contributed by atoms with van der Waals surface area (Å²) >= 11 is 0. The summed E-state index contributed by atoms with van der Waals surface area (Å²) in [6, 6.07) is 16.3. The monoisotopic (exact) mass is 489 g/mol. The van der Waals surface area contributed by atoms with Gasteiger partial charge in [0.2, 0.25) is 11.4 Å². The van der Waals surface area contributed by atoms with Gasteiger partial charge >= 0.3 is 18.2 Å². The highest BCUT2D eigenvalue weighted by molar-refractivity contribution is 5.97. The molecule has 0 bridgehead atoms. The van der Waals surface area contributed by atoms with Gasteiger partial charge in [0, 0.05) is 12.0 Å². The highest BCUT2D eigenvalue weighted by atomic mass is 19.4. The first kappa shape index (κ1) is 23.8. The number of anilines is 1. The van der Waals surface area contributed by atoms with E-state index in [0.717, 1.165) is 28.3 Å². The molecule has 35 heavy (non-hydrogen) atoms. The van der Waals surface area contributed by atoms with E-state index in [4.69, 9.17) is 14.4 Å². The van der Waals surface area contributed by atoms with E-state index < -0.39 is 35.4 Å². The minimum Gasteiger partial charge on any atom is -0.479 e. The molecule has 4 rings (SSSR count). The number of carboxylic acids is 1. The van der Waals surface area contributed by atoms with Crippen LogP contribution in [0.25, 0.3) is 11.1 Å². The Labute approximate surface area is 195 Å². The van der Waals surface area contributed by atoms with E-state index in [2.05, 4.69) is 10.5 Å². The molecule has 2 aromatic carbocycles. The van der Waals surface area contributed by atoms with Gasteiger partial charge in [0.15, 0.2) is 5.69 Å². The molecule has 0 spiro atoms. The van der Waals surface area contributed by atoms with Crippen LogP contribution in [0.5, 0.6) is 0 Å². The maximum Gasteiger partial charge on any atom is 0.422 e. The molecule has 12 heteroatoms. The van der Waals surface area contributed by atoms with Crippen molar-refractivity contribution < 1.29 is 41.9 Å². The number of hydrogen-bond donors (Lipinski definition) is 3. The lowest BCUT2D eigenvalue weighted by Gasteiger charge is -2.27. The number of amides is 2. The summed E-state index contributed by atoms with van der Waals surface area (Å²) in [4.78, 5) is 35.4. The number of hydrogen-bond acceptors (Lipinski definition) is 6. The lowest BCUT2D eigenvalue weighted by atomic mass is 9.98. The topological polar surface area (TPSA) is 131 Å². The van der Waals surface area contributed by atoms with E-state index in [9.17, 15) is 27.6 Å². The van der Waals surface area contributed by atoms with Gasteiger partial charge in [-0.1, -0.05) is 53.7 Å². The van der Waals surface area contributed by atoms with E-state index in [1.54, 1.807) is 0 Å². The molecule has 1 atom stereocenters. The van der Waals surface area contributed by atoms with Gasteiger partial charge in [-0.3, -0.25) is 10.1 Å². The summed E-state index contributed by atoms with van der Waals surface area (Å²) < 4.78 is 49.3. The Morgan fingerprint density at radius 2 is 1.63 bits per heavy atom. The normalized spacial score (nSPS) is 14.4. The van der Waals surface area contributed by atoms with Gasteiger partial charge in [-0.05, 0) is 29.2 Å². The summed E-state index contributed by atoms with van der Waals surface area (Å²) in [7, 11) is 0. The van der Waals surface area contributed by atoms with Crippen LogP contribution in [0.2, 0.25) is 0 Å². The van der Waals surface area contributed by atoms with Crippen molar-refractivity contribution in [3.63, 3.8) is 0 Å². The lowest BCUT2D eigenvalue weighted by Crippen LogP contribution is -2.61. The molecule has 1 heterocycles. The summed E-state index contributed by atoms with van der Waals surface area (Å²) in [5.74, 6) is -4.35. The van der Waals surface area contributed by atoms with Crippen LogP contribution in [0.1, 0.15) is 34.5 Å². The predicted molar refractivity (Wildman–Crippen MR) is 115 cm³/mol. The standard InChI is InChI=1S/C23H18F3N3O6/c1-22(20(31)32,23(24,25)26)28-19(30)17-10-18(35-29-17)27-21(33)34-11-16-14-8-4-2-6-12(14)13-7-3-5-9-15(13)16/h2-10,16H,11H2,1H3,(H,27,33)(H,28,30)(H,31,32). The first-order valence-electron chi connectivity index (χ1n) is 10.2. The van der Waals surface area contributed by atoms with Crippen LogP contribution in [-0.2, 0) is 9.53 Å². The maximum atomic E-state index is 13.1. The smallest absolute Gasteiger partial charge is 0.422 e. The zero-order valence-corrected chi connectivity index (χ0v) is 18.1. The molecular weight excluding hydrogens is 471 g/mol. The number of benzene rings is 2. The minimum absolute atomic E-state index is 0.0100. The number of halogens is 3. The van der Waals surface area contributed by atoms with E-state index >= 15 is 0 Å². The Balaban J connectivity index is 1.40. The molecule has 3 aromatic rings. The zero-order chi connectivity index (χ0) is 25.4. The quantitative estimate of drug-likeness (QED) is 0.474. The summed E-state index contributed by atoms with van der Waals surface area (Å²) in [6.07, 6.45) is -6.22. The average molecular weight is 489 g/mol. The van der Waals surface area contributed by atoms with Crippen LogP contribution in [-0.4, -0.2) is 46.6 Å². The van der Waals surface area contributed by atoms with Crippen LogP contribution in [0.15, 0.2) is 59.1 Å². The van der Waals surface area contributed by atoms with E-state index in [0.29, 0.717) is 6.92 Å². The van der Waals surface area contributed by atoms with Crippen molar-refractivity contribution >= 4 is 23.9 Å². The van der Waals surface area contributed by atoms with Gasteiger partial charge in [-0.15, -0.1) is 0 Å². The molecule has 3 N–H and O–H groups in total. The number of nitrogens with zero attached hydrogens (tertiary/aromatic N) is 1. The number of carbonyl (C=O) groups excluding carboxylic acids is 2. The van der Waals surface area contributed by atoms with Gasteiger partial charge < -0.3 is 19.7 Å². The number of aliphatic carboxylic acids is 1. The Morgan fingerprint density at radius 3 is 2.17 bits per heavy atom. The molecule has 0 fully saturated rings. The Kier molecular flexibility index (Phi) is 5.97. The van der Waals surface area contributed by atoms with Gasteiger partial charge in [-0.2, -0.15) is 13.2 Å². The molecule has 2 amide bonds. The maximum absolute atomic E-state index is 13.1. The first-order valence-corrected chi connectivity index (χ1v) is 10.2. The number of nitrogens with one attached hydrogen (secondary N) is 2. The SMILES string of the molecule is CC(NC(=O)c1cc(NC(=O)OCC2c3ccccc3-c3ccccc32)on1)(C(=O)O)C(F)(F)F. The van der Waals surface area contributed by atoms with Crippen LogP contribution < -0.4 is 10.6 Å². The Hall–Kier alpha value is -4.35. The van der Waals surface area contributed by atoms with Crippen LogP contribution in [0.3, 0.4) is 0 Å². The van der Waals surface area contributed by atoms with Gasteiger partial charge in [0.1, 0.15) is 6.61 Å². The highest BCUT2D eigenvalue weighted by Gasteiger charge is 2.58. The van der Waals surface area contributed by atoms with Gasteiger partial charge in [-0.25, -0.2) is 9.59 Å². The fourth-order valence-electron chi connectivity index (χ4n) is 3.71. The first-order chi connectivity index (χ1) is 16.5. The van der Waals surface area contributed by atoms with E-state index in [-0.39, 0.29) is 18.4 Å². The number of alkyl halides is 3. The third-order valence-corrected chi connectivity index (χ3v) is 5.67. The van der Waals surface area contributed by atoms with Crippen molar-refractivity contribution in [2.75, 3.05) is 11.9 Å². The molecular formula is C23H18F3N3O6. The molecule has 9 nitrogen and oxygen atoms in total. The number of rotatable bonds is 6. The fraction of sp³-hybridized carbons (Fsp3) is 0.217. The fourth-order valence-corrected chi connectivity index (χ4v) is 3.71. The van der Waals surface area contributed by atoms with Crippen molar-refractivity contribution in [3.05, 3.63) is 71.4 Å². The van der Waals surface area contributed by atoms with Crippen LogP contribution in [0, 0.1) is 0 Å². The van der Waals surface area contributed by atoms with E-state index in [1.807, 2.05) is 48.5 Å². The zero-order valence-electron chi connectivity index (χ0n) is 18.1. The number of aromatic nitrogens is 1. The number of fused-ring (bicyclic) bond motifs is 3. The van der Waals surface area contributed by atoms with Crippen molar-refractivity contribution in [1.29, 1.82) is 0 Å². The number of carboxylic acid groups (broad SMARTS) is 1.